The summed E-state index contributed by atoms with van der Waals surface area (Å²) in [6.45, 7) is 14.2. The van der Waals surface area contributed by atoms with Gasteiger partial charge in [0.2, 0.25) is 0 Å². The standard InChI is InChI=1S/C76H148O17P2/c1-9-69(8)55-47-39-31-23-16-12-10-11-13-17-24-32-40-48-56-73(78)86-62-71(92-75(80)58-50-42-33-25-18-14-15-21-28-36-44-52-66(2)3)64-90-94(82,83)88-60-70(77)61-89-95(84,85)91-65-72(63-87-74(79)57-49-41-35-27-30-38-46-54-68(6)7)93-76(81)59-51-43-34-26-20-19-22-29-37-45-53-67(4)5/h66-72,77H,9-65H2,1-8H3,(H,82,83)(H,84,85)/t69?,70?,71-,72-/m1/s1. The number of carbonyl (C=O) groups is 4. The molecule has 0 aromatic rings. The number of ether oxygens (including phenoxy) is 4. The van der Waals surface area contributed by atoms with E-state index in [9.17, 15) is 43.2 Å². The Kier molecular flexibility index (Phi) is 64.0. The molecule has 564 valence electrons. The zero-order valence-corrected chi connectivity index (χ0v) is 64.1. The molecule has 95 heavy (non-hydrogen) atoms. The minimum atomic E-state index is -4.96. The Morgan fingerprint density at radius 3 is 0.747 bits per heavy atom. The third kappa shape index (κ3) is 69.0. The van der Waals surface area contributed by atoms with Gasteiger partial charge in [-0.05, 0) is 49.4 Å². The fourth-order valence-corrected chi connectivity index (χ4v) is 13.1. The maximum Gasteiger partial charge on any atom is 0.472 e. The molecule has 0 spiro atoms. The van der Waals surface area contributed by atoms with Gasteiger partial charge < -0.3 is 33.8 Å². The van der Waals surface area contributed by atoms with Gasteiger partial charge in [-0.2, -0.15) is 0 Å². The SMILES string of the molecule is CCC(C)CCCCCCCCCCCCCCCCC(=O)OC[C@H](COP(=O)(O)OCC(O)COP(=O)(O)OC[C@@H](COC(=O)CCCCCCCCCC(C)C)OC(=O)CCCCCCCCCCCCC(C)C)OC(=O)CCCCCCCCCCCCCC(C)C. The third-order valence-corrected chi connectivity index (χ3v) is 19.8. The number of phosphoric ester groups is 2. The van der Waals surface area contributed by atoms with Crippen molar-refractivity contribution in [3.05, 3.63) is 0 Å². The van der Waals surface area contributed by atoms with Crippen LogP contribution in [0.3, 0.4) is 0 Å². The van der Waals surface area contributed by atoms with Crippen molar-refractivity contribution in [2.24, 2.45) is 23.7 Å². The minimum absolute atomic E-state index is 0.105. The van der Waals surface area contributed by atoms with Gasteiger partial charge in [-0.1, -0.05) is 331 Å². The number of unbranched alkanes of at least 4 members (excludes halogenated alkanes) is 38. The highest BCUT2D eigenvalue weighted by molar-refractivity contribution is 7.47. The molecule has 17 nitrogen and oxygen atoms in total. The van der Waals surface area contributed by atoms with Gasteiger partial charge in [-0.15, -0.1) is 0 Å². The smallest absolute Gasteiger partial charge is 0.462 e. The largest absolute Gasteiger partial charge is 0.472 e. The summed E-state index contributed by atoms with van der Waals surface area (Å²) >= 11 is 0. The minimum Gasteiger partial charge on any atom is -0.462 e. The van der Waals surface area contributed by atoms with Crippen LogP contribution in [-0.2, 0) is 65.4 Å². The predicted octanol–water partition coefficient (Wildman–Crippen LogP) is 22.0. The molecule has 0 radical (unpaired) electrons. The number of hydrogen-bond acceptors (Lipinski definition) is 15. The van der Waals surface area contributed by atoms with Gasteiger partial charge in [-0.3, -0.25) is 37.3 Å². The number of esters is 4. The van der Waals surface area contributed by atoms with E-state index >= 15 is 0 Å². The van der Waals surface area contributed by atoms with Crippen LogP contribution in [0.15, 0.2) is 0 Å². The van der Waals surface area contributed by atoms with Gasteiger partial charge in [0.15, 0.2) is 12.2 Å². The van der Waals surface area contributed by atoms with Crippen LogP contribution in [-0.4, -0.2) is 96.7 Å². The molecule has 0 amide bonds. The maximum atomic E-state index is 13.1. The number of phosphoric acid groups is 2. The second-order valence-corrected chi connectivity index (χ2v) is 32.0. The van der Waals surface area contributed by atoms with Crippen LogP contribution < -0.4 is 0 Å². The summed E-state index contributed by atoms with van der Waals surface area (Å²) in [7, 11) is -9.91. The first-order chi connectivity index (χ1) is 45.6. The third-order valence-electron chi connectivity index (χ3n) is 17.9. The molecule has 0 fully saturated rings. The zero-order valence-electron chi connectivity index (χ0n) is 62.3. The van der Waals surface area contributed by atoms with Gasteiger partial charge in [-0.25, -0.2) is 9.13 Å². The summed E-state index contributed by atoms with van der Waals surface area (Å²) < 4.78 is 68.5. The quantitative estimate of drug-likeness (QED) is 0.0222. The van der Waals surface area contributed by atoms with E-state index in [4.69, 9.17) is 37.0 Å². The molecule has 0 aliphatic carbocycles. The highest BCUT2D eigenvalue weighted by atomic mass is 31.2. The summed E-state index contributed by atoms with van der Waals surface area (Å²) in [6.07, 6.45) is 50.0. The molecule has 0 saturated carbocycles. The molecule has 0 heterocycles. The van der Waals surface area contributed by atoms with Crippen molar-refractivity contribution in [3.8, 4) is 0 Å². The molecule has 0 aromatic carbocycles. The van der Waals surface area contributed by atoms with Crippen molar-refractivity contribution >= 4 is 39.5 Å². The van der Waals surface area contributed by atoms with Crippen molar-refractivity contribution in [2.45, 2.75) is 401 Å². The van der Waals surface area contributed by atoms with E-state index in [1.807, 2.05) is 0 Å². The van der Waals surface area contributed by atoms with Crippen LogP contribution >= 0.6 is 15.6 Å². The fraction of sp³-hybridized carbons (Fsp3) is 0.947. The van der Waals surface area contributed by atoms with Crippen molar-refractivity contribution in [1.29, 1.82) is 0 Å². The Bertz CT molecular complexity index is 1870. The number of aliphatic hydroxyl groups is 1. The summed E-state index contributed by atoms with van der Waals surface area (Å²) in [4.78, 5) is 72.8. The maximum absolute atomic E-state index is 13.1. The summed E-state index contributed by atoms with van der Waals surface area (Å²) in [5.41, 5.74) is 0. The first kappa shape index (κ1) is 93.1. The zero-order chi connectivity index (χ0) is 70.3. The second kappa shape index (κ2) is 65.4. The lowest BCUT2D eigenvalue weighted by Crippen LogP contribution is -2.30. The number of hydrogen-bond donors (Lipinski definition) is 3. The molecular formula is C76H148O17P2. The van der Waals surface area contributed by atoms with Crippen molar-refractivity contribution in [1.82, 2.24) is 0 Å². The fourth-order valence-electron chi connectivity index (χ4n) is 11.5. The Labute approximate surface area is 581 Å². The summed E-state index contributed by atoms with van der Waals surface area (Å²) in [5, 5.41) is 10.6. The van der Waals surface area contributed by atoms with Crippen LogP contribution in [0.2, 0.25) is 0 Å². The highest BCUT2D eigenvalue weighted by Gasteiger charge is 2.30. The van der Waals surface area contributed by atoms with E-state index in [0.717, 1.165) is 114 Å². The lowest BCUT2D eigenvalue weighted by atomic mass is 9.99. The van der Waals surface area contributed by atoms with Gasteiger partial charge in [0.05, 0.1) is 26.4 Å². The van der Waals surface area contributed by atoms with E-state index in [1.54, 1.807) is 0 Å². The molecule has 19 heteroatoms. The molecule has 6 atom stereocenters. The monoisotopic (exact) mass is 1400 g/mol. The highest BCUT2D eigenvalue weighted by Crippen LogP contribution is 2.45. The molecule has 0 aliphatic heterocycles. The normalized spacial score (nSPS) is 14.4. The van der Waals surface area contributed by atoms with Crippen molar-refractivity contribution < 1.29 is 80.2 Å². The van der Waals surface area contributed by atoms with Gasteiger partial charge in [0.25, 0.3) is 0 Å². The number of carbonyl (C=O) groups excluding carboxylic acids is 4. The summed E-state index contributed by atoms with van der Waals surface area (Å²) in [6, 6.07) is 0. The molecule has 0 aromatic heterocycles. The number of aliphatic hydroxyl groups excluding tert-OH is 1. The average molecular weight is 1400 g/mol. The molecule has 0 rings (SSSR count). The van der Waals surface area contributed by atoms with E-state index < -0.39 is 97.5 Å². The second-order valence-electron chi connectivity index (χ2n) is 29.1. The van der Waals surface area contributed by atoms with E-state index in [2.05, 4.69) is 55.4 Å². The molecular weight excluding hydrogens is 1250 g/mol. The lowest BCUT2D eigenvalue weighted by molar-refractivity contribution is -0.161. The van der Waals surface area contributed by atoms with Crippen LogP contribution in [0, 0.1) is 23.7 Å². The van der Waals surface area contributed by atoms with Crippen LogP contribution in [0.5, 0.6) is 0 Å². The van der Waals surface area contributed by atoms with Gasteiger partial charge in [0.1, 0.15) is 19.3 Å². The Hall–Kier alpha value is -1.94. The molecule has 0 aliphatic rings. The average Bonchev–Trinajstić information content (AvgIpc) is 3.66. The lowest BCUT2D eigenvalue weighted by Gasteiger charge is -2.21. The Morgan fingerprint density at radius 1 is 0.295 bits per heavy atom. The van der Waals surface area contributed by atoms with Gasteiger partial charge in [0, 0.05) is 25.7 Å². The molecule has 3 N–H and O–H groups in total. The van der Waals surface area contributed by atoms with Crippen molar-refractivity contribution in [2.75, 3.05) is 39.6 Å². The topological polar surface area (TPSA) is 237 Å². The molecule has 4 unspecified atom stereocenters. The first-order valence-corrected chi connectivity index (χ1v) is 42.2. The number of rotatable bonds is 73. The van der Waals surface area contributed by atoms with Crippen molar-refractivity contribution in [3.63, 3.8) is 0 Å². The first-order valence-electron chi connectivity index (χ1n) is 39.2. The Balaban J connectivity index is 5.24. The molecule has 0 bridgehead atoms. The summed E-state index contributed by atoms with van der Waals surface area (Å²) in [5.74, 6) is 0.951. The van der Waals surface area contributed by atoms with E-state index in [0.29, 0.717) is 31.6 Å². The predicted molar refractivity (Wildman–Crippen MR) is 386 cm³/mol. The van der Waals surface area contributed by atoms with Crippen LogP contribution in [0.1, 0.15) is 383 Å². The van der Waals surface area contributed by atoms with Gasteiger partial charge >= 0.3 is 39.5 Å². The Morgan fingerprint density at radius 2 is 0.505 bits per heavy atom. The van der Waals surface area contributed by atoms with Crippen LogP contribution in [0.4, 0.5) is 0 Å². The van der Waals surface area contributed by atoms with Crippen LogP contribution in [0.25, 0.3) is 0 Å². The molecule has 0 saturated heterocycles. The van der Waals surface area contributed by atoms with E-state index in [1.165, 1.54) is 180 Å². The van der Waals surface area contributed by atoms with E-state index in [-0.39, 0.29) is 25.7 Å².